The van der Waals surface area contributed by atoms with Crippen LogP contribution < -0.4 is 0 Å². The molecule has 1 aliphatic carbocycles. The van der Waals surface area contributed by atoms with E-state index in [-0.39, 0.29) is 17.7 Å². The van der Waals surface area contributed by atoms with E-state index in [1.54, 1.807) is 0 Å². The second-order valence-corrected chi connectivity index (χ2v) is 5.10. The van der Waals surface area contributed by atoms with E-state index in [4.69, 9.17) is 9.47 Å². The van der Waals surface area contributed by atoms with Crippen molar-refractivity contribution in [3.8, 4) is 0 Å². The molecule has 18 heavy (non-hydrogen) atoms. The summed E-state index contributed by atoms with van der Waals surface area (Å²) in [7, 11) is 0. The number of rotatable bonds is 2. The zero-order valence-corrected chi connectivity index (χ0v) is 10.8. The Balaban J connectivity index is 1.99. The zero-order chi connectivity index (χ0) is 13.0. The molecule has 1 fully saturated rings. The number of epoxide rings is 1. The Bertz CT molecular complexity index is 548. The second kappa shape index (κ2) is 3.45. The summed E-state index contributed by atoms with van der Waals surface area (Å²) in [5.74, 6) is -0.276. The predicted octanol–water partition coefficient (Wildman–Crippen LogP) is 2.65. The first-order valence-electron chi connectivity index (χ1n) is 6.16. The maximum atomic E-state index is 11.1. The Kier molecular flexibility index (Phi) is 2.20. The van der Waals surface area contributed by atoms with Crippen molar-refractivity contribution in [3.05, 3.63) is 41.5 Å². The molecule has 3 rings (SSSR count). The molecule has 0 radical (unpaired) electrons. The normalized spacial score (nSPS) is 33.3. The minimum absolute atomic E-state index is 0.276. The summed E-state index contributed by atoms with van der Waals surface area (Å²) < 4.78 is 11.3. The first-order valence-corrected chi connectivity index (χ1v) is 6.16. The molecule has 1 aromatic carbocycles. The molecule has 1 heterocycles. The van der Waals surface area contributed by atoms with E-state index < -0.39 is 5.60 Å². The molecular formula is C15H16O3. The van der Waals surface area contributed by atoms with E-state index in [0.29, 0.717) is 0 Å². The van der Waals surface area contributed by atoms with Gasteiger partial charge in [-0.2, -0.15) is 0 Å². The number of benzene rings is 1. The molecule has 0 saturated carbocycles. The van der Waals surface area contributed by atoms with Crippen molar-refractivity contribution >= 4 is 12.0 Å². The molecule has 3 heteroatoms. The first kappa shape index (κ1) is 11.5. The molecular weight excluding hydrogens is 228 g/mol. The Morgan fingerprint density at radius 1 is 1.39 bits per heavy atom. The summed E-state index contributed by atoms with van der Waals surface area (Å²) in [6.07, 6.45) is 3.78. The molecule has 0 unspecified atom stereocenters. The standard InChI is InChI=1S/C15H16O3/c1-10(17-11(2)16)15-9-8-12-6-4-5-7-13(12)14(15,3)18-15/h4-10H,1-3H3/t10-,14-,15-/m1/s1. The third kappa shape index (κ3) is 1.31. The molecule has 0 bridgehead atoms. The third-order valence-electron chi connectivity index (χ3n) is 4.01. The van der Waals surface area contributed by atoms with Gasteiger partial charge in [0.1, 0.15) is 11.7 Å². The highest BCUT2D eigenvalue weighted by atomic mass is 16.7. The van der Waals surface area contributed by atoms with Crippen molar-refractivity contribution in [2.24, 2.45) is 0 Å². The summed E-state index contributed by atoms with van der Waals surface area (Å²) >= 11 is 0. The van der Waals surface area contributed by atoms with E-state index in [1.165, 1.54) is 12.5 Å². The molecule has 0 spiro atoms. The largest absolute Gasteiger partial charge is 0.459 e. The summed E-state index contributed by atoms with van der Waals surface area (Å²) in [4.78, 5) is 11.1. The molecule has 2 aliphatic rings. The molecule has 3 atom stereocenters. The van der Waals surface area contributed by atoms with Crippen molar-refractivity contribution in [2.75, 3.05) is 0 Å². The van der Waals surface area contributed by atoms with Gasteiger partial charge in [-0.3, -0.25) is 4.79 Å². The SMILES string of the molecule is CC(=O)O[C@H](C)[C@]12C=Cc3ccccc3[C@@]1(C)O2. The number of carbonyl (C=O) groups excluding carboxylic acids is 1. The van der Waals surface area contributed by atoms with Gasteiger partial charge in [-0.1, -0.05) is 30.3 Å². The van der Waals surface area contributed by atoms with E-state index in [1.807, 2.05) is 31.2 Å². The van der Waals surface area contributed by atoms with Gasteiger partial charge in [0, 0.05) is 6.92 Å². The van der Waals surface area contributed by atoms with Crippen LogP contribution in [-0.2, 0) is 19.9 Å². The smallest absolute Gasteiger partial charge is 0.303 e. The monoisotopic (exact) mass is 244 g/mol. The lowest BCUT2D eigenvalue weighted by Gasteiger charge is -2.25. The molecule has 3 nitrogen and oxygen atoms in total. The topological polar surface area (TPSA) is 38.8 Å². The van der Waals surface area contributed by atoms with Gasteiger partial charge in [-0.15, -0.1) is 0 Å². The Labute approximate surface area is 106 Å². The maximum absolute atomic E-state index is 11.1. The van der Waals surface area contributed by atoms with Crippen LogP contribution in [0.15, 0.2) is 30.3 Å². The first-order chi connectivity index (χ1) is 8.49. The van der Waals surface area contributed by atoms with Crippen LogP contribution in [0, 0.1) is 0 Å². The number of ether oxygens (including phenoxy) is 2. The zero-order valence-electron chi connectivity index (χ0n) is 10.8. The molecule has 1 aliphatic heterocycles. The van der Waals surface area contributed by atoms with Crippen molar-refractivity contribution < 1.29 is 14.3 Å². The Morgan fingerprint density at radius 3 is 2.83 bits per heavy atom. The van der Waals surface area contributed by atoms with Crippen molar-refractivity contribution in [3.63, 3.8) is 0 Å². The van der Waals surface area contributed by atoms with E-state index in [9.17, 15) is 4.79 Å². The van der Waals surface area contributed by atoms with E-state index in [0.717, 1.165) is 5.56 Å². The van der Waals surface area contributed by atoms with Gasteiger partial charge in [0.2, 0.25) is 0 Å². The van der Waals surface area contributed by atoms with Crippen LogP contribution in [0.25, 0.3) is 6.08 Å². The highest BCUT2D eigenvalue weighted by Gasteiger charge is 2.71. The molecule has 1 saturated heterocycles. The quantitative estimate of drug-likeness (QED) is 0.593. The van der Waals surface area contributed by atoms with E-state index >= 15 is 0 Å². The van der Waals surface area contributed by atoms with Crippen LogP contribution in [-0.4, -0.2) is 17.7 Å². The number of esters is 1. The van der Waals surface area contributed by atoms with E-state index in [2.05, 4.69) is 19.1 Å². The van der Waals surface area contributed by atoms with Crippen molar-refractivity contribution in [2.45, 2.75) is 38.1 Å². The summed E-state index contributed by atoms with van der Waals surface area (Å²) in [6, 6.07) is 8.16. The van der Waals surface area contributed by atoms with Crippen LogP contribution in [0.2, 0.25) is 0 Å². The van der Waals surface area contributed by atoms with Crippen LogP contribution in [0.4, 0.5) is 0 Å². The lowest BCUT2D eigenvalue weighted by atomic mass is 9.78. The second-order valence-electron chi connectivity index (χ2n) is 5.10. The van der Waals surface area contributed by atoms with Gasteiger partial charge in [-0.25, -0.2) is 0 Å². The van der Waals surface area contributed by atoms with Gasteiger partial charge >= 0.3 is 5.97 Å². The minimum atomic E-state index is -0.507. The fourth-order valence-electron chi connectivity index (χ4n) is 3.00. The molecule has 1 aromatic rings. The highest BCUT2D eigenvalue weighted by Crippen LogP contribution is 2.62. The maximum Gasteiger partial charge on any atom is 0.303 e. The highest BCUT2D eigenvalue weighted by molar-refractivity contribution is 5.68. The molecule has 0 amide bonds. The number of fused-ring (bicyclic) bond motifs is 3. The van der Waals surface area contributed by atoms with Crippen LogP contribution >= 0.6 is 0 Å². The number of hydrogen-bond acceptors (Lipinski definition) is 3. The summed E-state index contributed by atoms with van der Waals surface area (Å²) in [6.45, 7) is 5.35. The van der Waals surface area contributed by atoms with Crippen LogP contribution in [0.5, 0.6) is 0 Å². The molecule has 0 aromatic heterocycles. The fraction of sp³-hybridized carbons (Fsp3) is 0.400. The van der Waals surface area contributed by atoms with Gasteiger partial charge < -0.3 is 9.47 Å². The van der Waals surface area contributed by atoms with Gasteiger partial charge in [0.15, 0.2) is 5.60 Å². The van der Waals surface area contributed by atoms with Gasteiger partial charge in [-0.05, 0) is 31.1 Å². The number of carbonyl (C=O) groups is 1. The molecule has 0 N–H and O–H groups in total. The lowest BCUT2D eigenvalue weighted by Crippen LogP contribution is -2.36. The number of hydrogen-bond donors (Lipinski definition) is 0. The Morgan fingerprint density at radius 2 is 2.11 bits per heavy atom. The molecule has 94 valence electrons. The third-order valence-corrected chi connectivity index (χ3v) is 4.01. The fourth-order valence-corrected chi connectivity index (χ4v) is 3.00. The predicted molar refractivity (Wildman–Crippen MR) is 67.9 cm³/mol. The van der Waals surface area contributed by atoms with Gasteiger partial charge in [0.25, 0.3) is 0 Å². The van der Waals surface area contributed by atoms with Crippen molar-refractivity contribution in [1.82, 2.24) is 0 Å². The van der Waals surface area contributed by atoms with Crippen LogP contribution in [0.1, 0.15) is 31.9 Å². The lowest BCUT2D eigenvalue weighted by molar-refractivity contribution is -0.147. The average Bonchev–Trinajstić information content (AvgIpc) is 2.97. The Hall–Kier alpha value is -1.61. The summed E-state index contributed by atoms with van der Waals surface area (Å²) in [5.41, 5.74) is 1.44. The van der Waals surface area contributed by atoms with Gasteiger partial charge in [0.05, 0.1) is 0 Å². The minimum Gasteiger partial charge on any atom is -0.459 e. The summed E-state index contributed by atoms with van der Waals surface area (Å²) in [5, 5.41) is 0. The average molecular weight is 244 g/mol. The van der Waals surface area contributed by atoms with Crippen molar-refractivity contribution in [1.29, 1.82) is 0 Å². The van der Waals surface area contributed by atoms with Crippen LogP contribution in [0.3, 0.4) is 0 Å².